The first-order valence-corrected chi connectivity index (χ1v) is 12.4. The molecule has 0 atom stereocenters. The fourth-order valence-electron chi connectivity index (χ4n) is 3.55. The lowest BCUT2D eigenvalue weighted by Crippen LogP contribution is -2.39. The molecule has 0 bridgehead atoms. The van der Waals surface area contributed by atoms with Gasteiger partial charge < -0.3 is 18.9 Å². The molecule has 188 valence electrons. The molecule has 1 amide bonds. The van der Waals surface area contributed by atoms with Crippen molar-refractivity contribution in [1.82, 2.24) is 5.43 Å². The van der Waals surface area contributed by atoms with Gasteiger partial charge in [0.1, 0.15) is 19.8 Å². The van der Waals surface area contributed by atoms with Crippen LogP contribution in [0.5, 0.6) is 23.0 Å². The molecular weight excluding hydrogens is 486 g/mol. The first kappa shape index (κ1) is 24.9. The Balaban J connectivity index is 1.59. The van der Waals surface area contributed by atoms with Crippen LogP contribution in [0.1, 0.15) is 5.56 Å². The molecule has 11 heteroatoms. The summed E-state index contributed by atoms with van der Waals surface area (Å²) in [5, 5.41) is 3.99. The van der Waals surface area contributed by atoms with E-state index >= 15 is 0 Å². The second-order valence-corrected chi connectivity index (χ2v) is 9.39. The fraction of sp³-hybridized carbons (Fsp3) is 0.200. The average molecular weight is 512 g/mol. The van der Waals surface area contributed by atoms with E-state index in [1.54, 1.807) is 42.5 Å². The Morgan fingerprint density at radius 1 is 1.00 bits per heavy atom. The highest BCUT2D eigenvalue weighted by atomic mass is 32.2. The van der Waals surface area contributed by atoms with Crippen LogP contribution < -0.4 is 28.7 Å². The first-order valence-electron chi connectivity index (χ1n) is 10.9. The van der Waals surface area contributed by atoms with Crippen molar-refractivity contribution in [3.8, 4) is 23.0 Å². The Morgan fingerprint density at radius 2 is 1.75 bits per heavy atom. The van der Waals surface area contributed by atoms with Crippen LogP contribution in [0, 0.1) is 0 Å². The van der Waals surface area contributed by atoms with Crippen LogP contribution in [0.2, 0.25) is 0 Å². The lowest BCUT2D eigenvalue weighted by Gasteiger charge is -2.24. The summed E-state index contributed by atoms with van der Waals surface area (Å²) < 4.78 is 49.7. The Bertz CT molecular complexity index is 1360. The number of hydrogen-bond acceptors (Lipinski definition) is 8. The van der Waals surface area contributed by atoms with Crippen LogP contribution in [-0.2, 0) is 14.8 Å². The molecule has 0 fully saturated rings. The zero-order valence-electron chi connectivity index (χ0n) is 19.7. The van der Waals surface area contributed by atoms with Crippen molar-refractivity contribution in [3.63, 3.8) is 0 Å². The number of anilines is 1. The molecule has 0 unspecified atom stereocenters. The summed E-state index contributed by atoms with van der Waals surface area (Å²) in [5.74, 6) is 1.20. The minimum absolute atomic E-state index is 0.0316. The van der Waals surface area contributed by atoms with E-state index < -0.39 is 22.5 Å². The Morgan fingerprint density at radius 3 is 2.50 bits per heavy atom. The maximum absolute atomic E-state index is 13.5. The summed E-state index contributed by atoms with van der Waals surface area (Å²) in [5.41, 5.74) is 3.22. The number of carbonyl (C=O) groups is 1. The van der Waals surface area contributed by atoms with Crippen LogP contribution >= 0.6 is 0 Å². The van der Waals surface area contributed by atoms with Gasteiger partial charge in [0.2, 0.25) is 0 Å². The van der Waals surface area contributed by atoms with Gasteiger partial charge in [-0.25, -0.2) is 13.8 Å². The van der Waals surface area contributed by atoms with E-state index in [1.807, 2.05) is 0 Å². The van der Waals surface area contributed by atoms with Crippen LogP contribution in [0.15, 0.2) is 76.7 Å². The predicted octanol–water partition coefficient (Wildman–Crippen LogP) is 2.82. The summed E-state index contributed by atoms with van der Waals surface area (Å²) in [6, 6.07) is 17.7. The number of nitrogens with zero attached hydrogens (tertiary/aromatic N) is 2. The molecule has 0 spiro atoms. The second-order valence-electron chi connectivity index (χ2n) is 7.53. The number of hydrazone groups is 1. The second kappa shape index (κ2) is 11.0. The van der Waals surface area contributed by atoms with Gasteiger partial charge in [-0.2, -0.15) is 5.10 Å². The number of rotatable bonds is 9. The molecule has 0 saturated heterocycles. The lowest BCUT2D eigenvalue weighted by atomic mass is 10.2. The smallest absolute Gasteiger partial charge is 0.264 e. The van der Waals surface area contributed by atoms with Gasteiger partial charge in [-0.05, 0) is 36.4 Å². The quantitative estimate of drug-likeness (QED) is 0.347. The maximum atomic E-state index is 13.5. The molecule has 0 saturated carbocycles. The monoisotopic (exact) mass is 511 g/mol. The molecule has 1 aliphatic heterocycles. The zero-order chi connectivity index (χ0) is 25.5. The molecule has 3 aromatic carbocycles. The topological polar surface area (TPSA) is 116 Å². The van der Waals surface area contributed by atoms with E-state index in [9.17, 15) is 13.2 Å². The number of hydrogen-bond donors (Lipinski definition) is 1. The van der Waals surface area contributed by atoms with Crippen molar-refractivity contribution < 1.29 is 32.2 Å². The van der Waals surface area contributed by atoms with Crippen LogP contribution in [-0.4, -0.2) is 54.5 Å². The van der Waals surface area contributed by atoms with Gasteiger partial charge in [-0.3, -0.25) is 9.10 Å². The van der Waals surface area contributed by atoms with E-state index in [1.165, 1.54) is 44.7 Å². The highest BCUT2D eigenvalue weighted by Crippen LogP contribution is 2.34. The molecule has 36 heavy (non-hydrogen) atoms. The molecule has 4 rings (SSSR count). The number of para-hydroxylation sites is 1. The van der Waals surface area contributed by atoms with Crippen molar-refractivity contribution >= 4 is 27.8 Å². The Labute approximate surface area is 209 Å². The number of sulfonamides is 1. The molecule has 3 aromatic rings. The SMILES string of the molecule is COc1ccc(N(CC(=O)N/N=C\c2cccc3c2OCCO3)S(=O)(=O)c2ccccc2)cc1OC. The molecule has 0 aliphatic carbocycles. The van der Waals surface area contributed by atoms with Crippen LogP contribution in [0.4, 0.5) is 5.69 Å². The first-order chi connectivity index (χ1) is 17.4. The summed E-state index contributed by atoms with van der Waals surface area (Å²) in [4.78, 5) is 12.9. The van der Waals surface area contributed by atoms with Gasteiger partial charge in [-0.1, -0.05) is 24.3 Å². The van der Waals surface area contributed by atoms with Gasteiger partial charge in [0.15, 0.2) is 23.0 Å². The minimum atomic E-state index is -4.10. The number of carbonyl (C=O) groups excluding carboxylic acids is 1. The van der Waals surface area contributed by atoms with E-state index in [-0.39, 0.29) is 10.6 Å². The van der Waals surface area contributed by atoms with E-state index in [2.05, 4.69) is 10.5 Å². The van der Waals surface area contributed by atoms with Crippen molar-refractivity contribution in [2.24, 2.45) is 5.10 Å². The molecule has 1 N–H and O–H groups in total. The summed E-state index contributed by atoms with van der Waals surface area (Å²) >= 11 is 0. The number of nitrogens with one attached hydrogen (secondary N) is 1. The number of ether oxygens (including phenoxy) is 4. The number of fused-ring (bicyclic) bond motifs is 1. The predicted molar refractivity (Wildman–Crippen MR) is 134 cm³/mol. The van der Waals surface area contributed by atoms with Crippen molar-refractivity contribution in [1.29, 1.82) is 0 Å². The van der Waals surface area contributed by atoms with E-state index in [4.69, 9.17) is 18.9 Å². The van der Waals surface area contributed by atoms with E-state index in [0.717, 1.165) is 4.31 Å². The molecule has 0 aromatic heterocycles. The van der Waals surface area contributed by atoms with Crippen LogP contribution in [0.25, 0.3) is 0 Å². The van der Waals surface area contributed by atoms with Crippen molar-refractivity contribution in [2.75, 3.05) is 38.3 Å². The average Bonchev–Trinajstić information content (AvgIpc) is 2.92. The summed E-state index contributed by atoms with van der Waals surface area (Å²) in [6.45, 7) is 0.324. The highest BCUT2D eigenvalue weighted by molar-refractivity contribution is 7.92. The Hall–Kier alpha value is -4.25. The molecule has 0 radical (unpaired) electrons. The third-order valence-corrected chi connectivity index (χ3v) is 7.05. The van der Waals surface area contributed by atoms with Gasteiger partial charge in [0.25, 0.3) is 15.9 Å². The van der Waals surface area contributed by atoms with Gasteiger partial charge in [-0.15, -0.1) is 0 Å². The van der Waals surface area contributed by atoms with Gasteiger partial charge in [0, 0.05) is 11.6 Å². The van der Waals surface area contributed by atoms with Gasteiger partial charge >= 0.3 is 0 Å². The fourth-order valence-corrected chi connectivity index (χ4v) is 4.99. The third kappa shape index (κ3) is 5.36. The van der Waals surface area contributed by atoms with Gasteiger partial charge in [0.05, 0.1) is 31.0 Å². The standard InChI is InChI=1S/C25H25N3O7S/c1-32-21-12-11-19(15-23(21)33-2)28(36(30,31)20-8-4-3-5-9-20)17-24(29)27-26-16-18-7-6-10-22-25(18)35-14-13-34-22/h3-12,15-16H,13-14,17H2,1-2H3,(H,27,29)/b26-16-. The largest absolute Gasteiger partial charge is 0.493 e. The van der Waals surface area contributed by atoms with E-state index in [0.29, 0.717) is 41.8 Å². The Kier molecular flexibility index (Phi) is 7.59. The number of benzene rings is 3. The maximum Gasteiger partial charge on any atom is 0.264 e. The zero-order valence-corrected chi connectivity index (χ0v) is 20.5. The molecule has 1 heterocycles. The third-order valence-electron chi connectivity index (χ3n) is 5.26. The van der Waals surface area contributed by atoms with Crippen molar-refractivity contribution in [2.45, 2.75) is 4.90 Å². The minimum Gasteiger partial charge on any atom is -0.493 e. The van der Waals surface area contributed by atoms with Crippen LogP contribution in [0.3, 0.4) is 0 Å². The normalized spacial score (nSPS) is 12.7. The lowest BCUT2D eigenvalue weighted by molar-refractivity contribution is -0.119. The molecule has 10 nitrogen and oxygen atoms in total. The highest BCUT2D eigenvalue weighted by Gasteiger charge is 2.28. The number of amides is 1. The number of methoxy groups -OCH3 is 2. The summed E-state index contributed by atoms with van der Waals surface area (Å²) in [6.07, 6.45) is 1.41. The summed E-state index contributed by atoms with van der Waals surface area (Å²) in [7, 11) is -1.18. The molecule has 1 aliphatic rings. The molecular formula is C25H25N3O7S. The van der Waals surface area contributed by atoms with Crippen molar-refractivity contribution in [3.05, 3.63) is 72.3 Å².